The summed E-state index contributed by atoms with van der Waals surface area (Å²) in [5.74, 6) is 4.40. The molecule has 49 heavy (non-hydrogen) atoms. The van der Waals surface area contributed by atoms with Gasteiger partial charge >= 0.3 is 0 Å². The molecule has 3 aromatic carbocycles. The number of hydrogen-bond acceptors (Lipinski definition) is 4. The number of para-hydroxylation sites is 2. The van der Waals surface area contributed by atoms with E-state index in [-0.39, 0.29) is 17.1 Å². The Balaban J connectivity index is 1.30. The van der Waals surface area contributed by atoms with Gasteiger partial charge in [0.1, 0.15) is 29.8 Å². The number of aromatic nitrogens is 4. The van der Waals surface area contributed by atoms with Crippen molar-refractivity contribution in [3.8, 4) is 17.1 Å². The maximum absolute atomic E-state index is 4.84. The molecule has 0 spiro atoms. The van der Waals surface area contributed by atoms with Gasteiger partial charge in [0, 0.05) is 47.6 Å². The molecule has 0 saturated carbocycles. The van der Waals surface area contributed by atoms with Gasteiger partial charge in [0.15, 0.2) is 11.6 Å². The van der Waals surface area contributed by atoms with Crippen molar-refractivity contribution in [1.29, 1.82) is 0 Å². The van der Waals surface area contributed by atoms with E-state index >= 15 is 0 Å². The predicted octanol–water partition coefficient (Wildman–Crippen LogP) is 9.75. The lowest BCUT2D eigenvalue weighted by Crippen LogP contribution is -2.68. The topological polar surface area (TPSA) is 41.1 Å². The van der Waals surface area contributed by atoms with Crippen LogP contribution in [0, 0.1) is 0 Å². The molecule has 5 aromatic rings. The van der Waals surface area contributed by atoms with Gasteiger partial charge in [-0.15, -0.1) is 0 Å². The van der Waals surface area contributed by atoms with Crippen LogP contribution >= 0.6 is 0 Å². The lowest BCUT2D eigenvalue weighted by Gasteiger charge is -2.50. The van der Waals surface area contributed by atoms with Crippen molar-refractivity contribution in [3.63, 3.8) is 0 Å². The van der Waals surface area contributed by atoms with Crippen molar-refractivity contribution < 1.29 is 4.57 Å². The smallest absolute Gasteiger partial charge is 0.294 e. The molecule has 3 aliphatic heterocycles. The summed E-state index contributed by atoms with van der Waals surface area (Å²) in [7, 11) is 2.20. The summed E-state index contributed by atoms with van der Waals surface area (Å²) in [6.45, 7) is 16.7. The third-order valence-electron chi connectivity index (χ3n) is 12.7. The Hall–Kier alpha value is -4.45. The van der Waals surface area contributed by atoms with E-state index in [1.165, 1.54) is 45.0 Å². The highest BCUT2D eigenvalue weighted by molar-refractivity contribution is 5.83. The van der Waals surface area contributed by atoms with Crippen molar-refractivity contribution >= 4 is 17.3 Å². The third kappa shape index (κ3) is 4.28. The second-order valence-electron chi connectivity index (χ2n) is 15.4. The number of anilines is 3. The molecule has 8 rings (SSSR count). The number of imidazole rings is 1. The molecular formula is C43H51N6+. The van der Waals surface area contributed by atoms with Crippen molar-refractivity contribution in [2.75, 3.05) is 16.8 Å². The monoisotopic (exact) mass is 651 g/mol. The first-order chi connectivity index (χ1) is 23.7. The minimum atomic E-state index is -0.135. The zero-order valence-corrected chi connectivity index (χ0v) is 30.5. The van der Waals surface area contributed by atoms with Crippen LogP contribution in [0.15, 0.2) is 91.5 Å². The standard InChI is InChI=1S/C43H51N6/c1-9-42(7)35-20-13-11-17-34(35)41-47(37-30(28(3)4)18-15-19-31(37)29(5)6)26-27-48(41)43(42,10-2)23-22-33-32-16-12-14-21-36(32)49-39-38(44-24-25-45-39)46(8)40(33)49/h11-21,24-29,33,40H,9-10,22-23H2,1-8H3/q+1. The zero-order valence-electron chi connectivity index (χ0n) is 30.5. The molecule has 4 atom stereocenters. The van der Waals surface area contributed by atoms with Crippen LogP contribution in [0.4, 0.5) is 17.3 Å². The van der Waals surface area contributed by atoms with Gasteiger partial charge in [-0.05, 0) is 60.8 Å². The molecule has 0 bridgehead atoms. The lowest BCUT2D eigenvalue weighted by atomic mass is 9.58. The van der Waals surface area contributed by atoms with E-state index in [1.54, 1.807) is 0 Å². The van der Waals surface area contributed by atoms with Gasteiger partial charge in [-0.25, -0.2) is 14.5 Å². The van der Waals surface area contributed by atoms with Crippen molar-refractivity contribution in [1.82, 2.24) is 14.5 Å². The van der Waals surface area contributed by atoms with Gasteiger partial charge in [0.2, 0.25) is 0 Å². The summed E-state index contributed by atoms with van der Waals surface area (Å²) in [5.41, 5.74) is 9.49. The summed E-state index contributed by atoms with van der Waals surface area (Å²) in [4.78, 5) is 14.4. The Kier molecular flexibility index (Phi) is 7.51. The van der Waals surface area contributed by atoms with Crippen LogP contribution in [0.25, 0.3) is 17.1 Å². The highest BCUT2D eigenvalue weighted by Gasteiger charge is 2.59. The molecule has 0 N–H and O–H groups in total. The molecule has 5 heterocycles. The molecule has 4 unspecified atom stereocenters. The van der Waals surface area contributed by atoms with Crippen LogP contribution in [0.1, 0.15) is 114 Å². The largest absolute Gasteiger partial charge is 0.335 e. The second-order valence-corrected chi connectivity index (χ2v) is 15.4. The summed E-state index contributed by atoms with van der Waals surface area (Å²) in [6, 6.07) is 25.2. The molecule has 2 aromatic heterocycles. The van der Waals surface area contributed by atoms with E-state index in [2.05, 4.69) is 154 Å². The van der Waals surface area contributed by atoms with E-state index in [9.17, 15) is 0 Å². The van der Waals surface area contributed by atoms with Gasteiger partial charge in [0.25, 0.3) is 5.82 Å². The van der Waals surface area contributed by atoms with Crippen molar-refractivity contribution in [2.24, 2.45) is 0 Å². The average molecular weight is 652 g/mol. The van der Waals surface area contributed by atoms with E-state index in [0.29, 0.717) is 17.8 Å². The molecule has 0 radical (unpaired) electrons. The van der Waals surface area contributed by atoms with Crippen LogP contribution in [0.2, 0.25) is 0 Å². The number of benzene rings is 3. The number of hydrogen-bond donors (Lipinski definition) is 0. The van der Waals surface area contributed by atoms with Gasteiger partial charge < -0.3 is 9.80 Å². The normalized spacial score (nSPS) is 23.5. The Morgan fingerprint density at radius 1 is 0.816 bits per heavy atom. The Labute approximate surface area is 292 Å². The van der Waals surface area contributed by atoms with E-state index in [0.717, 1.165) is 37.3 Å². The first-order valence-electron chi connectivity index (χ1n) is 18.5. The van der Waals surface area contributed by atoms with E-state index in [1.807, 2.05) is 12.4 Å². The summed E-state index contributed by atoms with van der Waals surface area (Å²) >= 11 is 0. The maximum Gasteiger partial charge on any atom is 0.294 e. The molecular weight excluding hydrogens is 601 g/mol. The van der Waals surface area contributed by atoms with Crippen LogP contribution in [-0.4, -0.2) is 27.7 Å². The number of fused-ring (bicyclic) bond motifs is 8. The Morgan fingerprint density at radius 3 is 2.18 bits per heavy atom. The highest BCUT2D eigenvalue weighted by Crippen LogP contribution is 2.57. The summed E-state index contributed by atoms with van der Waals surface area (Å²) < 4.78 is 5.27. The lowest BCUT2D eigenvalue weighted by molar-refractivity contribution is -0.769. The fourth-order valence-electron chi connectivity index (χ4n) is 10.0. The summed E-state index contributed by atoms with van der Waals surface area (Å²) in [5, 5.41) is 0. The van der Waals surface area contributed by atoms with Gasteiger partial charge in [-0.3, -0.25) is 0 Å². The number of likely N-dealkylation sites (N-methyl/N-ethyl adjacent to an activating group) is 1. The van der Waals surface area contributed by atoms with Gasteiger partial charge in [-0.1, -0.05) is 103 Å². The molecule has 0 aliphatic carbocycles. The minimum Gasteiger partial charge on any atom is -0.335 e. The molecule has 6 nitrogen and oxygen atoms in total. The van der Waals surface area contributed by atoms with Crippen molar-refractivity contribution in [2.45, 2.75) is 109 Å². The number of rotatable bonds is 8. The van der Waals surface area contributed by atoms with Gasteiger partial charge in [0.05, 0.1) is 5.56 Å². The van der Waals surface area contributed by atoms with Crippen LogP contribution in [0.5, 0.6) is 0 Å². The maximum atomic E-state index is 4.84. The van der Waals surface area contributed by atoms with Gasteiger partial charge in [-0.2, -0.15) is 4.57 Å². The van der Waals surface area contributed by atoms with Crippen molar-refractivity contribution in [3.05, 3.63) is 114 Å². The Bertz CT molecular complexity index is 2020. The van der Waals surface area contributed by atoms with Crippen LogP contribution in [-0.2, 0) is 11.0 Å². The highest BCUT2D eigenvalue weighted by atomic mass is 15.5. The second kappa shape index (κ2) is 11.6. The zero-order chi connectivity index (χ0) is 34.2. The first-order valence-corrected chi connectivity index (χ1v) is 18.5. The molecule has 0 saturated heterocycles. The van der Waals surface area contributed by atoms with Crippen LogP contribution < -0.4 is 14.4 Å². The van der Waals surface area contributed by atoms with E-state index < -0.39 is 0 Å². The third-order valence-corrected chi connectivity index (χ3v) is 12.7. The number of nitrogens with zero attached hydrogens (tertiary/aromatic N) is 6. The van der Waals surface area contributed by atoms with Crippen LogP contribution in [0.3, 0.4) is 0 Å². The quantitative estimate of drug-likeness (QED) is 0.157. The average Bonchev–Trinajstić information content (AvgIpc) is 3.79. The first kappa shape index (κ1) is 31.8. The predicted molar refractivity (Wildman–Crippen MR) is 200 cm³/mol. The molecule has 6 heteroatoms. The fourth-order valence-corrected chi connectivity index (χ4v) is 10.0. The Morgan fingerprint density at radius 2 is 1.49 bits per heavy atom. The molecule has 252 valence electrons. The molecule has 0 amide bonds. The summed E-state index contributed by atoms with van der Waals surface area (Å²) in [6.07, 6.45) is 12.8. The SMILES string of the molecule is CCC1(C)c2ccccc2-c2n(-c3c(C(C)C)cccc3C(C)C)cc[n+]2C1(CC)CCC1c2ccccc2N2c3nccnc3N(C)C12. The fraction of sp³-hybridized carbons (Fsp3) is 0.419. The van der Waals surface area contributed by atoms with E-state index in [4.69, 9.17) is 9.97 Å². The molecule has 0 fully saturated rings. The molecule has 3 aliphatic rings. The minimum absolute atomic E-state index is 0.0634.